The molecule has 1 aliphatic rings. The van der Waals surface area contributed by atoms with Crippen LogP contribution in [0.1, 0.15) is 27.7 Å². The first kappa shape index (κ1) is 10.5. The maximum atomic E-state index is 11.5. The summed E-state index contributed by atoms with van der Waals surface area (Å²) in [5.74, 6) is 0.913. The first-order valence-electron chi connectivity index (χ1n) is 5.05. The summed E-state index contributed by atoms with van der Waals surface area (Å²) in [5.41, 5.74) is 0. The van der Waals surface area contributed by atoms with Crippen LogP contribution in [0, 0.1) is 5.92 Å². The largest absolute Gasteiger partial charge is 0.353 e. The highest BCUT2D eigenvalue weighted by molar-refractivity contribution is 5.81. The molecule has 0 aliphatic carbocycles. The molecule has 1 amide bonds. The zero-order valence-electron chi connectivity index (χ0n) is 9.00. The molecule has 1 aliphatic heterocycles. The summed E-state index contributed by atoms with van der Waals surface area (Å²) >= 11 is 0. The van der Waals surface area contributed by atoms with Gasteiger partial charge in [-0.2, -0.15) is 0 Å². The molecule has 1 saturated heterocycles. The maximum absolute atomic E-state index is 11.5. The van der Waals surface area contributed by atoms with Crippen molar-refractivity contribution in [1.82, 2.24) is 10.2 Å². The van der Waals surface area contributed by atoms with Crippen LogP contribution in [0.3, 0.4) is 0 Å². The van der Waals surface area contributed by atoms with E-state index < -0.39 is 0 Å². The molecule has 3 heteroatoms. The number of nitrogens with one attached hydrogen (secondary N) is 1. The number of likely N-dealkylation sites (tertiary alicyclic amines) is 1. The van der Waals surface area contributed by atoms with Gasteiger partial charge < -0.3 is 5.32 Å². The monoisotopic (exact) mass is 184 g/mol. The quantitative estimate of drug-likeness (QED) is 0.705. The highest BCUT2D eigenvalue weighted by Gasteiger charge is 2.30. The summed E-state index contributed by atoms with van der Waals surface area (Å²) in [6.45, 7) is 10.3. The molecule has 1 N–H and O–H groups in total. The molecule has 1 atom stereocenters. The highest BCUT2D eigenvalue weighted by atomic mass is 16.2. The smallest absolute Gasteiger partial charge is 0.237 e. The van der Waals surface area contributed by atoms with Crippen molar-refractivity contribution in [2.24, 2.45) is 5.92 Å². The molecule has 0 spiro atoms. The third kappa shape index (κ3) is 2.69. The molecule has 13 heavy (non-hydrogen) atoms. The zero-order valence-corrected chi connectivity index (χ0v) is 9.00. The molecule has 0 aromatic rings. The molecular formula is C10H20N2O. The van der Waals surface area contributed by atoms with Crippen LogP contribution in [-0.4, -0.2) is 36.0 Å². The first-order valence-corrected chi connectivity index (χ1v) is 5.05. The van der Waals surface area contributed by atoms with E-state index in [2.05, 4.69) is 17.1 Å². The fourth-order valence-corrected chi connectivity index (χ4v) is 1.63. The van der Waals surface area contributed by atoms with Crippen LogP contribution in [0.15, 0.2) is 0 Å². The number of carbonyl (C=O) groups excluding carboxylic acids is 1. The minimum Gasteiger partial charge on any atom is -0.353 e. The summed E-state index contributed by atoms with van der Waals surface area (Å²) in [6.07, 6.45) is 0. The second-order valence-corrected chi connectivity index (χ2v) is 4.40. The second-order valence-electron chi connectivity index (χ2n) is 4.40. The lowest BCUT2D eigenvalue weighted by Crippen LogP contribution is -2.55. The van der Waals surface area contributed by atoms with E-state index in [1.807, 2.05) is 20.8 Å². The van der Waals surface area contributed by atoms with E-state index in [4.69, 9.17) is 0 Å². The highest BCUT2D eigenvalue weighted by Crippen LogP contribution is 2.17. The fraction of sp³-hybridized carbons (Fsp3) is 0.900. The number of rotatable bonds is 3. The molecule has 1 unspecified atom stereocenters. The topological polar surface area (TPSA) is 32.3 Å². The van der Waals surface area contributed by atoms with Gasteiger partial charge in [0.15, 0.2) is 0 Å². The predicted octanol–water partition coefficient (Wildman–Crippen LogP) is 0.851. The van der Waals surface area contributed by atoms with Gasteiger partial charge in [-0.05, 0) is 26.7 Å². The molecule has 0 bridgehead atoms. The van der Waals surface area contributed by atoms with Gasteiger partial charge >= 0.3 is 0 Å². The standard InChI is InChI=1S/C10H20N2O/c1-7(2)11-10(13)9(4)12-5-8(3)6-12/h7-9H,5-6H2,1-4H3,(H,11,13). The van der Waals surface area contributed by atoms with E-state index in [1.54, 1.807) is 0 Å². The Morgan fingerprint density at radius 2 is 1.92 bits per heavy atom. The SMILES string of the molecule is CC1CN(C(C)C(=O)NC(C)C)C1. The van der Waals surface area contributed by atoms with E-state index in [1.165, 1.54) is 0 Å². The van der Waals surface area contributed by atoms with Gasteiger partial charge in [0.05, 0.1) is 6.04 Å². The second kappa shape index (κ2) is 4.09. The van der Waals surface area contributed by atoms with Crippen molar-refractivity contribution >= 4 is 5.91 Å². The Bertz CT molecular complexity index is 185. The Morgan fingerprint density at radius 1 is 1.38 bits per heavy atom. The third-order valence-electron chi connectivity index (χ3n) is 2.45. The zero-order chi connectivity index (χ0) is 10.0. The van der Waals surface area contributed by atoms with Crippen molar-refractivity contribution in [1.29, 1.82) is 0 Å². The summed E-state index contributed by atoms with van der Waals surface area (Å²) in [4.78, 5) is 13.8. The minimum absolute atomic E-state index is 0.0404. The van der Waals surface area contributed by atoms with Crippen molar-refractivity contribution in [3.63, 3.8) is 0 Å². The lowest BCUT2D eigenvalue weighted by molar-refractivity contribution is -0.128. The van der Waals surface area contributed by atoms with Gasteiger partial charge in [0, 0.05) is 19.1 Å². The van der Waals surface area contributed by atoms with Crippen LogP contribution in [0.2, 0.25) is 0 Å². The van der Waals surface area contributed by atoms with Crippen LogP contribution < -0.4 is 5.32 Å². The molecular weight excluding hydrogens is 164 g/mol. The van der Waals surface area contributed by atoms with Gasteiger partial charge in [-0.1, -0.05) is 6.92 Å². The molecule has 0 aromatic carbocycles. The third-order valence-corrected chi connectivity index (χ3v) is 2.45. The Labute approximate surface area is 80.5 Å². The van der Waals surface area contributed by atoms with Gasteiger partial charge in [-0.15, -0.1) is 0 Å². The Hall–Kier alpha value is -0.570. The predicted molar refractivity (Wildman–Crippen MR) is 53.5 cm³/mol. The van der Waals surface area contributed by atoms with Gasteiger partial charge in [0.2, 0.25) is 5.91 Å². The maximum Gasteiger partial charge on any atom is 0.237 e. The van der Waals surface area contributed by atoms with Crippen LogP contribution in [-0.2, 0) is 4.79 Å². The molecule has 0 aromatic heterocycles. The molecule has 3 nitrogen and oxygen atoms in total. The van der Waals surface area contributed by atoms with Crippen LogP contribution in [0.4, 0.5) is 0 Å². The van der Waals surface area contributed by atoms with Gasteiger partial charge in [0.1, 0.15) is 0 Å². The average Bonchev–Trinajstić information content (AvgIpc) is 1.96. The molecule has 1 rings (SSSR count). The van der Waals surface area contributed by atoms with Crippen LogP contribution >= 0.6 is 0 Å². The normalized spacial score (nSPS) is 21.3. The van der Waals surface area contributed by atoms with Crippen molar-refractivity contribution in [2.75, 3.05) is 13.1 Å². The van der Waals surface area contributed by atoms with E-state index in [9.17, 15) is 4.79 Å². The number of carbonyl (C=O) groups is 1. The minimum atomic E-state index is 0.0404. The molecule has 76 valence electrons. The molecule has 0 saturated carbocycles. The van der Waals surface area contributed by atoms with Crippen LogP contribution in [0.25, 0.3) is 0 Å². The molecule has 1 heterocycles. The van der Waals surface area contributed by atoms with Crippen molar-refractivity contribution < 1.29 is 4.79 Å². The van der Waals surface area contributed by atoms with Gasteiger partial charge in [-0.3, -0.25) is 9.69 Å². The van der Waals surface area contributed by atoms with Crippen molar-refractivity contribution in [3.8, 4) is 0 Å². The Morgan fingerprint density at radius 3 is 2.31 bits per heavy atom. The van der Waals surface area contributed by atoms with E-state index in [0.717, 1.165) is 19.0 Å². The lowest BCUT2D eigenvalue weighted by Gasteiger charge is -2.40. The van der Waals surface area contributed by atoms with Gasteiger partial charge in [0.25, 0.3) is 0 Å². The number of amides is 1. The summed E-state index contributed by atoms with van der Waals surface area (Å²) < 4.78 is 0. The summed E-state index contributed by atoms with van der Waals surface area (Å²) in [6, 6.07) is 0.284. The number of hydrogen-bond acceptors (Lipinski definition) is 2. The number of nitrogens with zero attached hydrogens (tertiary/aromatic N) is 1. The molecule has 1 fully saturated rings. The van der Waals surface area contributed by atoms with E-state index >= 15 is 0 Å². The van der Waals surface area contributed by atoms with Crippen LogP contribution in [0.5, 0.6) is 0 Å². The van der Waals surface area contributed by atoms with E-state index in [-0.39, 0.29) is 18.0 Å². The Balaban J connectivity index is 2.30. The Kier molecular flexibility index (Phi) is 3.31. The summed E-state index contributed by atoms with van der Waals surface area (Å²) in [7, 11) is 0. The fourth-order valence-electron chi connectivity index (χ4n) is 1.63. The number of hydrogen-bond donors (Lipinski definition) is 1. The van der Waals surface area contributed by atoms with Crippen molar-refractivity contribution in [2.45, 2.75) is 39.8 Å². The average molecular weight is 184 g/mol. The van der Waals surface area contributed by atoms with E-state index in [0.29, 0.717) is 0 Å². The van der Waals surface area contributed by atoms with Crippen molar-refractivity contribution in [3.05, 3.63) is 0 Å². The summed E-state index contributed by atoms with van der Waals surface area (Å²) in [5, 5.41) is 2.93. The van der Waals surface area contributed by atoms with Gasteiger partial charge in [-0.25, -0.2) is 0 Å². The lowest BCUT2D eigenvalue weighted by atomic mass is 10.00. The molecule has 0 radical (unpaired) electrons. The first-order chi connectivity index (χ1) is 6.00.